The number of nitrogens with one attached hydrogen (secondary N) is 4. The number of urea groups is 1. The third kappa shape index (κ3) is 5.58. The maximum absolute atomic E-state index is 16.4. The lowest BCUT2D eigenvalue weighted by atomic mass is 9.72. The topological polar surface area (TPSA) is 101 Å². The molecule has 6 rings (SSSR count). The Morgan fingerprint density at radius 1 is 1.05 bits per heavy atom. The number of ether oxygens (including phenoxy) is 1. The molecule has 0 aromatic rings. The molecular weight excluding hydrogens is 544 g/mol. The van der Waals surface area contributed by atoms with Gasteiger partial charge in [0, 0.05) is 62.7 Å². The molecule has 5 aliphatic heterocycles. The van der Waals surface area contributed by atoms with E-state index in [-0.39, 0.29) is 54.4 Å². The van der Waals surface area contributed by atoms with Gasteiger partial charge in [-0.15, -0.1) is 0 Å². The van der Waals surface area contributed by atoms with Crippen molar-refractivity contribution in [2.45, 2.75) is 101 Å². The van der Waals surface area contributed by atoms with E-state index in [1.54, 1.807) is 4.90 Å². The number of piperidine rings is 2. The first-order valence-electron chi connectivity index (χ1n) is 16.1. The Balaban J connectivity index is 1.36. The van der Waals surface area contributed by atoms with Gasteiger partial charge < -0.3 is 30.5 Å². The van der Waals surface area contributed by atoms with Gasteiger partial charge in [0.2, 0.25) is 5.91 Å². The summed E-state index contributed by atoms with van der Waals surface area (Å²) in [5, 5.41) is 14.1. The summed E-state index contributed by atoms with van der Waals surface area (Å²) in [5.74, 6) is -0.653. The van der Waals surface area contributed by atoms with E-state index in [0.29, 0.717) is 45.8 Å². The quantitative estimate of drug-likeness (QED) is 0.365. The molecule has 6 aliphatic rings. The van der Waals surface area contributed by atoms with Gasteiger partial charge >= 0.3 is 6.03 Å². The van der Waals surface area contributed by atoms with Gasteiger partial charge in [-0.25, -0.2) is 13.6 Å². The van der Waals surface area contributed by atoms with Crippen LogP contribution in [0.4, 0.5) is 13.6 Å². The van der Waals surface area contributed by atoms with Gasteiger partial charge in [-0.1, -0.05) is 20.4 Å². The molecule has 42 heavy (non-hydrogen) atoms. The van der Waals surface area contributed by atoms with Crippen molar-refractivity contribution >= 4 is 11.9 Å². The minimum atomic E-state index is -1.25. The number of nitrogens with zero attached hydrogens (tertiary/aromatic N) is 3. The molecule has 3 amide bonds. The van der Waals surface area contributed by atoms with Crippen molar-refractivity contribution in [3.8, 4) is 0 Å². The number of halogens is 2. The van der Waals surface area contributed by atoms with Crippen LogP contribution in [0.5, 0.6) is 0 Å². The summed E-state index contributed by atoms with van der Waals surface area (Å²) in [6.07, 6.45) is 0.929. The van der Waals surface area contributed by atoms with Gasteiger partial charge in [-0.3, -0.25) is 15.0 Å². The van der Waals surface area contributed by atoms with Gasteiger partial charge in [-0.05, 0) is 50.6 Å². The molecular formula is C30H49F2N7O3. The summed E-state index contributed by atoms with van der Waals surface area (Å²) < 4.78 is 38.6. The first-order chi connectivity index (χ1) is 20.3. The smallest absolute Gasteiger partial charge is 0.320 e. The Bertz CT molecular complexity index is 998. The summed E-state index contributed by atoms with van der Waals surface area (Å²) in [5.41, 5.74) is 0. The number of piperazine rings is 1. The Hall–Kier alpha value is -1.86. The second kappa shape index (κ2) is 12.6. The molecule has 0 aromatic carbocycles. The van der Waals surface area contributed by atoms with Crippen LogP contribution in [0.3, 0.4) is 0 Å². The van der Waals surface area contributed by atoms with Crippen LogP contribution in [0, 0.1) is 17.8 Å². The first-order valence-corrected chi connectivity index (χ1v) is 16.1. The lowest BCUT2D eigenvalue weighted by Gasteiger charge is -2.59. The molecule has 1 aliphatic carbocycles. The summed E-state index contributed by atoms with van der Waals surface area (Å²) in [7, 11) is 0. The number of hydrogen-bond donors (Lipinski definition) is 4. The molecule has 6 fully saturated rings. The Kier molecular flexibility index (Phi) is 9.08. The third-order valence-electron chi connectivity index (χ3n) is 10.8. The third-order valence-corrected chi connectivity index (χ3v) is 10.8. The van der Waals surface area contributed by atoms with Crippen LogP contribution in [0.1, 0.15) is 46.0 Å². The molecule has 4 N–H and O–H groups in total. The standard InChI is InChI=1S/C30H49F2N7O3/c1-4-23(40)37-11-13-38(14-12-37)28-18-16-20(32)26-24-19(31)6-5-7-21(24)33-10-15-42-22-8-9-34-25(17(2)3)27(22)39(29(18)35-26)30(41)36-28/h4,17-22,24-29,33-35H,1,5-16H2,2-3H3,(H,36,41). The highest BCUT2D eigenvalue weighted by Crippen LogP contribution is 2.41. The molecule has 0 radical (unpaired) electrons. The molecule has 236 valence electrons. The Labute approximate surface area is 248 Å². The fourth-order valence-corrected chi connectivity index (χ4v) is 8.78. The first kappa shape index (κ1) is 30.2. The lowest BCUT2D eigenvalue weighted by molar-refractivity contribution is -0.131. The summed E-state index contributed by atoms with van der Waals surface area (Å²) in [4.78, 5) is 32.3. The van der Waals surface area contributed by atoms with Crippen molar-refractivity contribution in [1.82, 2.24) is 36.0 Å². The van der Waals surface area contributed by atoms with Gasteiger partial charge in [0.05, 0.1) is 31.1 Å². The molecule has 12 heteroatoms. The number of alkyl halides is 2. The van der Waals surface area contributed by atoms with E-state index in [0.717, 1.165) is 25.8 Å². The fourth-order valence-electron chi connectivity index (χ4n) is 8.78. The van der Waals surface area contributed by atoms with E-state index in [4.69, 9.17) is 4.74 Å². The Morgan fingerprint density at radius 2 is 1.83 bits per heavy atom. The van der Waals surface area contributed by atoms with Crippen LogP contribution in [0.2, 0.25) is 0 Å². The van der Waals surface area contributed by atoms with E-state index in [1.807, 2.05) is 4.90 Å². The zero-order valence-electron chi connectivity index (χ0n) is 25.0. The van der Waals surface area contributed by atoms with Crippen molar-refractivity contribution < 1.29 is 23.1 Å². The van der Waals surface area contributed by atoms with Crippen molar-refractivity contribution in [2.24, 2.45) is 17.8 Å². The van der Waals surface area contributed by atoms with Crippen molar-refractivity contribution in [3.63, 3.8) is 0 Å². The predicted molar refractivity (Wildman–Crippen MR) is 155 cm³/mol. The minimum absolute atomic E-state index is 0.00392. The highest BCUT2D eigenvalue weighted by atomic mass is 19.1. The van der Waals surface area contributed by atoms with Gasteiger partial charge in [0.25, 0.3) is 0 Å². The molecule has 0 aromatic heterocycles. The molecule has 2 bridgehead atoms. The SMILES string of the molecule is C=CC(=O)N1CCN(C2NC(=O)N3C4NC(C(F)CC24)C2C(F)CCCC2NCCOC2CCNC(C(C)C)C23)CC1. The zero-order valence-corrected chi connectivity index (χ0v) is 25.0. The second-order valence-corrected chi connectivity index (χ2v) is 13.4. The van der Waals surface area contributed by atoms with Crippen LogP contribution in [-0.2, 0) is 9.53 Å². The van der Waals surface area contributed by atoms with E-state index < -0.39 is 36.6 Å². The average Bonchev–Trinajstić information content (AvgIpc) is 2.98. The average molecular weight is 594 g/mol. The van der Waals surface area contributed by atoms with Crippen LogP contribution in [-0.4, -0.2) is 127 Å². The highest BCUT2D eigenvalue weighted by Gasteiger charge is 2.57. The summed E-state index contributed by atoms with van der Waals surface area (Å²) in [6.45, 7) is 11.9. The zero-order chi connectivity index (χ0) is 29.5. The van der Waals surface area contributed by atoms with Gasteiger partial charge in [0.1, 0.15) is 12.3 Å². The minimum Gasteiger partial charge on any atom is -0.375 e. The van der Waals surface area contributed by atoms with E-state index >= 15 is 8.78 Å². The van der Waals surface area contributed by atoms with E-state index in [9.17, 15) is 9.59 Å². The molecule has 10 nitrogen and oxygen atoms in total. The number of amides is 3. The highest BCUT2D eigenvalue weighted by molar-refractivity contribution is 5.87. The second-order valence-electron chi connectivity index (χ2n) is 13.4. The maximum atomic E-state index is 16.4. The van der Waals surface area contributed by atoms with Crippen LogP contribution in [0.25, 0.3) is 0 Å². The van der Waals surface area contributed by atoms with Gasteiger partial charge in [-0.2, -0.15) is 0 Å². The molecule has 11 unspecified atom stereocenters. The number of carbonyl (C=O) groups is 2. The molecule has 1 saturated carbocycles. The Morgan fingerprint density at radius 3 is 2.57 bits per heavy atom. The maximum Gasteiger partial charge on any atom is 0.320 e. The van der Waals surface area contributed by atoms with Crippen LogP contribution < -0.4 is 21.3 Å². The van der Waals surface area contributed by atoms with Crippen molar-refractivity contribution in [2.75, 3.05) is 45.9 Å². The summed E-state index contributed by atoms with van der Waals surface area (Å²) in [6, 6.07) is -1.30. The fraction of sp³-hybridized carbons (Fsp3) is 0.867. The monoisotopic (exact) mass is 593 g/mol. The van der Waals surface area contributed by atoms with Crippen molar-refractivity contribution in [1.29, 1.82) is 0 Å². The van der Waals surface area contributed by atoms with Crippen LogP contribution >= 0.6 is 0 Å². The molecule has 11 atom stereocenters. The predicted octanol–water partition coefficient (Wildman–Crippen LogP) is 1.19. The number of rotatable bonds is 3. The normalized spacial score (nSPS) is 43.4. The largest absolute Gasteiger partial charge is 0.375 e. The van der Waals surface area contributed by atoms with E-state index in [1.165, 1.54) is 6.08 Å². The molecule has 5 saturated heterocycles. The number of carbonyl (C=O) groups excluding carboxylic acids is 2. The molecule has 0 spiro atoms. The van der Waals surface area contributed by atoms with Gasteiger partial charge in [0.15, 0.2) is 0 Å². The lowest BCUT2D eigenvalue weighted by Crippen LogP contribution is -2.80. The van der Waals surface area contributed by atoms with Crippen LogP contribution in [0.15, 0.2) is 12.7 Å². The van der Waals surface area contributed by atoms with Crippen molar-refractivity contribution in [3.05, 3.63) is 12.7 Å². The number of fused-ring (bicyclic) bond motifs is 5. The number of hydrogen-bond acceptors (Lipinski definition) is 7. The molecule has 5 heterocycles. The van der Waals surface area contributed by atoms with E-state index in [2.05, 4.69) is 46.6 Å². The summed E-state index contributed by atoms with van der Waals surface area (Å²) >= 11 is 0.